The lowest BCUT2D eigenvalue weighted by atomic mass is 9.91. The van der Waals surface area contributed by atoms with Crippen LogP contribution in [0.2, 0.25) is 0 Å². The third kappa shape index (κ3) is 2.80. The number of benzene rings is 1. The lowest BCUT2D eigenvalue weighted by molar-refractivity contribution is 0.415. The van der Waals surface area contributed by atoms with E-state index < -0.39 is 0 Å². The van der Waals surface area contributed by atoms with Gasteiger partial charge in [-0.15, -0.1) is 23.1 Å². The highest BCUT2D eigenvalue weighted by Crippen LogP contribution is 2.32. The van der Waals surface area contributed by atoms with Crippen molar-refractivity contribution in [2.75, 3.05) is 6.26 Å². The minimum atomic E-state index is 0.378. The van der Waals surface area contributed by atoms with Crippen LogP contribution >= 0.6 is 23.1 Å². The molecule has 0 fully saturated rings. The van der Waals surface area contributed by atoms with Gasteiger partial charge >= 0.3 is 0 Å². The molecule has 0 aliphatic carbocycles. The second kappa shape index (κ2) is 4.42. The fourth-order valence-electron chi connectivity index (χ4n) is 1.80. The molecule has 0 aliphatic rings. The number of hydrogen-bond acceptors (Lipinski definition) is 2. The molecule has 86 valence electrons. The molecule has 0 spiro atoms. The van der Waals surface area contributed by atoms with Gasteiger partial charge in [0.05, 0.1) is 0 Å². The quantitative estimate of drug-likeness (QED) is 0.659. The Bertz CT molecular complexity index is 489. The van der Waals surface area contributed by atoms with E-state index in [1.807, 2.05) is 23.1 Å². The maximum absolute atomic E-state index is 2.34. The summed E-state index contributed by atoms with van der Waals surface area (Å²) in [5.41, 5.74) is 0.378. The molecule has 0 radical (unpaired) electrons. The first-order chi connectivity index (χ1) is 7.48. The Morgan fingerprint density at radius 2 is 1.94 bits per heavy atom. The van der Waals surface area contributed by atoms with E-state index >= 15 is 0 Å². The summed E-state index contributed by atoms with van der Waals surface area (Å²) in [6, 6.07) is 9.09. The Morgan fingerprint density at radius 3 is 2.56 bits per heavy atom. The lowest BCUT2D eigenvalue weighted by Gasteiger charge is -2.16. The van der Waals surface area contributed by atoms with E-state index in [1.165, 1.54) is 26.3 Å². The van der Waals surface area contributed by atoms with Crippen LogP contribution in [0.4, 0.5) is 0 Å². The summed E-state index contributed by atoms with van der Waals surface area (Å²) in [7, 11) is 0. The van der Waals surface area contributed by atoms with Crippen LogP contribution < -0.4 is 0 Å². The van der Waals surface area contributed by atoms with Crippen molar-refractivity contribution in [3.63, 3.8) is 0 Å². The first kappa shape index (κ1) is 12.0. The van der Waals surface area contributed by atoms with Crippen molar-refractivity contribution in [3.8, 4) is 0 Å². The fraction of sp³-hybridized carbons (Fsp3) is 0.429. The first-order valence-electron chi connectivity index (χ1n) is 5.54. The van der Waals surface area contributed by atoms with E-state index in [2.05, 4.69) is 51.3 Å². The van der Waals surface area contributed by atoms with Crippen LogP contribution in [0.25, 0.3) is 10.1 Å². The van der Waals surface area contributed by atoms with Crippen molar-refractivity contribution >= 4 is 33.2 Å². The average Bonchev–Trinajstić information content (AvgIpc) is 2.55. The van der Waals surface area contributed by atoms with E-state index in [0.717, 1.165) is 0 Å². The maximum Gasteiger partial charge on any atom is 0.0356 e. The molecule has 0 saturated heterocycles. The number of thioether (sulfide) groups is 1. The normalized spacial score (nSPS) is 12.2. The zero-order valence-corrected chi connectivity index (χ0v) is 12.0. The summed E-state index contributed by atoms with van der Waals surface area (Å²) in [4.78, 5) is 2.86. The molecule has 0 bridgehead atoms. The topological polar surface area (TPSA) is 0 Å². The summed E-state index contributed by atoms with van der Waals surface area (Å²) < 4.78 is 1.42. The third-order valence-corrected chi connectivity index (χ3v) is 4.31. The molecule has 0 nitrogen and oxygen atoms in total. The molecular formula is C14H18S2. The Labute approximate surface area is 106 Å². The van der Waals surface area contributed by atoms with Gasteiger partial charge in [-0.2, -0.15) is 0 Å². The molecule has 1 aromatic heterocycles. The highest BCUT2D eigenvalue weighted by atomic mass is 32.2. The predicted molar refractivity (Wildman–Crippen MR) is 76.8 cm³/mol. The highest BCUT2D eigenvalue weighted by Gasteiger charge is 2.13. The van der Waals surface area contributed by atoms with Crippen LogP contribution in [0.3, 0.4) is 0 Å². The van der Waals surface area contributed by atoms with Gasteiger partial charge < -0.3 is 0 Å². The average molecular weight is 250 g/mol. The Hall–Kier alpha value is -0.470. The summed E-state index contributed by atoms with van der Waals surface area (Å²) in [6.45, 7) is 6.89. The zero-order chi connectivity index (χ0) is 11.8. The summed E-state index contributed by atoms with van der Waals surface area (Å²) in [5, 5.41) is 1.39. The van der Waals surface area contributed by atoms with Gasteiger partial charge in [0.15, 0.2) is 0 Å². The van der Waals surface area contributed by atoms with Gasteiger partial charge in [0.25, 0.3) is 0 Å². The molecule has 2 aromatic rings. The molecule has 2 heteroatoms. The second-order valence-electron chi connectivity index (χ2n) is 5.35. The second-order valence-corrected chi connectivity index (χ2v) is 7.40. The maximum atomic E-state index is 2.34. The Morgan fingerprint density at radius 1 is 1.19 bits per heavy atom. The molecule has 2 rings (SSSR count). The van der Waals surface area contributed by atoms with Crippen molar-refractivity contribution in [2.45, 2.75) is 32.1 Å². The number of fused-ring (bicyclic) bond motifs is 1. The Balaban J connectivity index is 2.36. The highest BCUT2D eigenvalue weighted by molar-refractivity contribution is 7.98. The van der Waals surface area contributed by atoms with Crippen LogP contribution in [-0.4, -0.2) is 6.26 Å². The van der Waals surface area contributed by atoms with Crippen molar-refractivity contribution in [1.29, 1.82) is 0 Å². The largest absolute Gasteiger partial charge is 0.140 e. The minimum absolute atomic E-state index is 0.378. The molecule has 0 N–H and O–H groups in total. The minimum Gasteiger partial charge on any atom is -0.140 e. The summed E-state index contributed by atoms with van der Waals surface area (Å²) in [6.07, 6.45) is 3.30. The van der Waals surface area contributed by atoms with E-state index in [0.29, 0.717) is 5.41 Å². The van der Waals surface area contributed by atoms with Crippen molar-refractivity contribution in [3.05, 3.63) is 29.1 Å². The standard InChI is InChI=1S/C14H18S2/c1-14(2,3)9-12-7-10-5-6-11(15-4)8-13(10)16-12/h5-8H,9H2,1-4H3. The third-order valence-electron chi connectivity index (χ3n) is 2.48. The summed E-state index contributed by atoms with van der Waals surface area (Å²) >= 11 is 3.75. The molecule has 0 saturated carbocycles. The van der Waals surface area contributed by atoms with Crippen LogP contribution in [0.1, 0.15) is 25.6 Å². The smallest absolute Gasteiger partial charge is 0.0356 e. The van der Waals surface area contributed by atoms with E-state index in [9.17, 15) is 0 Å². The fourth-order valence-corrected chi connectivity index (χ4v) is 3.72. The molecule has 0 unspecified atom stereocenters. The van der Waals surface area contributed by atoms with Crippen LogP contribution in [-0.2, 0) is 6.42 Å². The monoisotopic (exact) mass is 250 g/mol. The van der Waals surface area contributed by atoms with Crippen LogP contribution in [0.15, 0.2) is 29.2 Å². The number of hydrogen-bond donors (Lipinski definition) is 0. The Kier molecular flexibility index (Phi) is 3.32. The zero-order valence-electron chi connectivity index (χ0n) is 10.3. The van der Waals surface area contributed by atoms with E-state index in [-0.39, 0.29) is 0 Å². The molecule has 0 amide bonds. The van der Waals surface area contributed by atoms with Crippen molar-refractivity contribution in [1.82, 2.24) is 0 Å². The molecule has 0 atom stereocenters. The molecule has 1 aromatic carbocycles. The van der Waals surface area contributed by atoms with E-state index in [1.54, 1.807) is 0 Å². The summed E-state index contributed by atoms with van der Waals surface area (Å²) in [5.74, 6) is 0. The van der Waals surface area contributed by atoms with Crippen molar-refractivity contribution in [2.24, 2.45) is 5.41 Å². The van der Waals surface area contributed by atoms with Gasteiger partial charge in [-0.1, -0.05) is 26.8 Å². The number of thiophene rings is 1. The molecule has 16 heavy (non-hydrogen) atoms. The molecule has 1 heterocycles. The predicted octanol–water partition coefficient (Wildman–Crippen LogP) is 5.21. The molecule has 0 aliphatic heterocycles. The van der Waals surface area contributed by atoms with Gasteiger partial charge in [-0.3, -0.25) is 0 Å². The van der Waals surface area contributed by atoms with Crippen LogP contribution in [0, 0.1) is 5.41 Å². The van der Waals surface area contributed by atoms with Gasteiger partial charge in [-0.05, 0) is 41.7 Å². The SMILES string of the molecule is CSc1ccc2cc(CC(C)(C)C)sc2c1. The van der Waals surface area contributed by atoms with Gasteiger partial charge in [0.2, 0.25) is 0 Å². The van der Waals surface area contributed by atoms with Crippen LogP contribution in [0.5, 0.6) is 0 Å². The lowest BCUT2D eigenvalue weighted by Crippen LogP contribution is -2.07. The van der Waals surface area contributed by atoms with Crippen molar-refractivity contribution < 1.29 is 0 Å². The number of rotatable bonds is 2. The van der Waals surface area contributed by atoms with Gasteiger partial charge in [-0.25, -0.2) is 0 Å². The molecular weight excluding hydrogens is 232 g/mol. The first-order valence-corrected chi connectivity index (χ1v) is 7.58. The van der Waals surface area contributed by atoms with Gasteiger partial charge in [0.1, 0.15) is 0 Å². The van der Waals surface area contributed by atoms with E-state index in [4.69, 9.17) is 0 Å². The van der Waals surface area contributed by atoms with Gasteiger partial charge in [0, 0.05) is 14.5 Å².